The Labute approximate surface area is 142 Å². The molecular formula is C14H11Br3N2O. The second-order valence-electron chi connectivity index (χ2n) is 4.30. The maximum absolute atomic E-state index is 12.3. The van der Waals surface area contributed by atoms with E-state index in [1.807, 2.05) is 19.1 Å². The van der Waals surface area contributed by atoms with Gasteiger partial charge in [0.2, 0.25) is 0 Å². The molecule has 6 heteroatoms. The fourth-order valence-electron chi connectivity index (χ4n) is 1.70. The molecule has 0 spiro atoms. The molecular weight excluding hydrogens is 452 g/mol. The van der Waals surface area contributed by atoms with Crippen LogP contribution in [0.2, 0.25) is 0 Å². The number of anilines is 2. The quantitative estimate of drug-likeness (QED) is 0.609. The van der Waals surface area contributed by atoms with Crippen molar-refractivity contribution >= 4 is 65.1 Å². The van der Waals surface area contributed by atoms with Crippen molar-refractivity contribution in [2.75, 3.05) is 11.1 Å². The molecule has 0 radical (unpaired) electrons. The highest BCUT2D eigenvalue weighted by molar-refractivity contribution is 9.11. The van der Waals surface area contributed by atoms with Gasteiger partial charge in [0.1, 0.15) is 0 Å². The third-order valence-corrected chi connectivity index (χ3v) is 4.58. The van der Waals surface area contributed by atoms with Crippen LogP contribution < -0.4 is 11.1 Å². The summed E-state index contributed by atoms with van der Waals surface area (Å²) in [7, 11) is 0. The summed E-state index contributed by atoms with van der Waals surface area (Å²) >= 11 is 10.2. The number of nitrogen functional groups attached to an aromatic ring is 1. The number of amides is 1. The van der Waals surface area contributed by atoms with E-state index in [1.165, 1.54) is 0 Å². The number of nitrogens with two attached hydrogens (primary N) is 1. The molecule has 104 valence electrons. The highest BCUT2D eigenvalue weighted by Gasteiger charge is 2.14. The molecule has 2 rings (SSSR count). The SMILES string of the molecule is Cc1ccc(C(=O)Nc2c(Br)cc(N)cc2Br)c(Br)c1. The first-order chi connectivity index (χ1) is 9.38. The Morgan fingerprint density at radius 3 is 2.20 bits per heavy atom. The van der Waals surface area contributed by atoms with Crippen molar-refractivity contribution in [2.24, 2.45) is 0 Å². The summed E-state index contributed by atoms with van der Waals surface area (Å²) in [6.07, 6.45) is 0. The molecule has 0 unspecified atom stereocenters. The number of carbonyl (C=O) groups is 1. The summed E-state index contributed by atoms with van der Waals surface area (Å²) in [5.74, 6) is -0.192. The lowest BCUT2D eigenvalue weighted by molar-refractivity contribution is 0.102. The highest BCUT2D eigenvalue weighted by Crippen LogP contribution is 2.34. The average molecular weight is 463 g/mol. The zero-order valence-corrected chi connectivity index (χ0v) is 15.3. The summed E-state index contributed by atoms with van der Waals surface area (Å²) in [6.45, 7) is 1.97. The normalized spacial score (nSPS) is 10.4. The van der Waals surface area contributed by atoms with Gasteiger partial charge in [-0.15, -0.1) is 0 Å². The average Bonchev–Trinajstić information content (AvgIpc) is 2.33. The van der Waals surface area contributed by atoms with E-state index in [4.69, 9.17) is 5.73 Å². The zero-order chi connectivity index (χ0) is 14.9. The van der Waals surface area contributed by atoms with E-state index in [0.29, 0.717) is 16.9 Å². The Hall–Kier alpha value is -0.850. The van der Waals surface area contributed by atoms with Crippen molar-refractivity contribution in [1.82, 2.24) is 0 Å². The van der Waals surface area contributed by atoms with Gasteiger partial charge in [0.15, 0.2) is 0 Å². The molecule has 0 aromatic heterocycles. The predicted molar refractivity (Wildman–Crippen MR) is 93.1 cm³/mol. The summed E-state index contributed by atoms with van der Waals surface area (Å²) in [4.78, 5) is 12.3. The van der Waals surface area contributed by atoms with Gasteiger partial charge in [-0.1, -0.05) is 6.07 Å². The van der Waals surface area contributed by atoms with Crippen molar-refractivity contribution in [2.45, 2.75) is 6.92 Å². The number of hydrogen-bond donors (Lipinski definition) is 2. The minimum absolute atomic E-state index is 0.192. The summed E-state index contributed by atoms with van der Waals surface area (Å²) in [5.41, 5.74) is 8.65. The van der Waals surface area contributed by atoms with E-state index >= 15 is 0 Å². The molecule has 3 nitrogen and oxygen atoms in total. The molecule has 0 fully saturated rings. The van der Waals surface area contributed by atoms with Crippen LogP contribution in [-0.2, 0) is 0 Å². The number of halogens is 3. The van der Waals surface area contributed by atoms with Gasteiger partial charge in [0, 0.05) is 19.1 Å². The molecule has 0 aliphatic carbocycles. The second kappa shape index (κ2) is 6.28. The van der Waals surface area contributed by atoms with E-state index in [0.717, 1.165) is 19.0 Å². The standard InChI is InChI=1S/C14H11Br3N2O/c1-7-2-3-9(10(15)4-7)14(20)19-13-11(16)5-8(18)6-12(13)17/h2-6H,18H2,1H3,(H,19,20). The van der Waals surface area contributed by atoms with Crippen LogP contribution in [0.15, 0.2) is 43.7 Å². The Balaban J connectivity index is 2.33. The largest absolute Gasteiger partial charge is 0.399 e. The van der Waals surface area contributed by atoms with Crippen molar-refractivity contribution < 1.29 is 4.79 Å². The van der Waals surface area contributed by atoms with Crippen LogP contribution in [-0.4, -0.2) is 5.91 Å². The minimum Gasteiger partial charge on any atom is -0.399 e. The predicted octanol–water partition coefficient (Wildman–Crippen LogP) is 5.12. The van der Waals surface area contributed by atoms with Gasteiger partial charge in [-0.2, -0.15) is 0 Å². The van der Waals surface area contributed by atoms with Crippen molar-refractivity contribution in [3.8, 4) is 0 Å². The van der Waals surface area contributed by atoms with Gasteiger partial charge in [-0.3, -0.25) is 4.79 Å². The van der Waals surface area contributed by atoms with E-state index in [1.54, 1.807) is 18.2 Å². The highest BCUT2D eigenvalue weighted by atomic mass is 79.9. The molecule has 0 saturated carbocycles. The van der Waals surface area contributed by atoms with Crippen molar-refractivity contribution in [1.29, 1.82) is 0 Å². The lowest BCUT2D eigenvalue weighted by Gasteiger charge is -2.12. The van der Waals surface area contributed by atoms with Crippen molar-refractivity contribution in [3.63, 3.8) is 0 Å². The zero-order valence-electron chi connectivity index (χ0n) is 10.5. The smallest absolute Gasteiger partial charge is 0.256 e. The van der Waals surface area contributed by atoms with Crippen molar-refractivity contribution in [3.05, 3.63) is 54.9 Å². The lowest BCUT2D eigenvalue weighted by Crippen LogP contribution is -2.13. The lowest BCUT2D eigenvalue weighted by atomic mass is 10.1. The van der Waals surface area contributed by atoms with Crippen LogP contribution in [0.1, 0.15) is 15.9 Å². The molecule has 0 aliphatic rings. The topological polar surface area (TPSA) is 55.1 Å². The third-order valence-electron chi connectivity index (χ3n) is 2.67. The van der Waals surface area contributed by atoms with Gasteiger partial charge in [-0.05, 0) is 84.5 Å². The van der Waals surface area contributed by atoms with Gasteiger partial charge in [-0.25, -0.2) is 0 Å². The molecule has 0 bridgehead atoms. The van der Waals surface area contributed by atoms with Crippen LogP contribution in [0, 0.1) is 6.92 Å². The second-order valence-corrected chi connectivity index (χ2v) is 6.86. The van der Waals surface area contributed by atoms with Crippen LogP contribution in [0.25, 0.3) is 0 Å². The van der Waals surface area contributed by atoms with E-state index in [-0.39, 0.29) is 5.91 Å². The molecule has 20 heavy (non-hydrogen) atoms. The number of rotatable bonds is 2. The van der Waals surface area contributed by atoms with E-state index < -0.39 is 0 Å². The fraction of sp³-hybridized carbons (Fsp3) is 0.0714. The van der Waals surface area contributed by atoms with Crippen LogP contribution in [0.4, 0.5) is 11.4 Å². The van der Waals surface area contributed by atoms with E-state index in [9.17, 15) is 4.79 Å². The number of aryl methyl sites for hydroxylation is 1. The number of benzene rings is 2. The summed E-state index contributed by atoms with van der Waals surface area (Å²) < 4.78 is 2.21. The summed E-state index contributed by atoms with van der Waals surface area (Å²) in [6, 6.07) is 9.07. The molecule has 0 atom stereocenters. The maximum Gasteiger partial charge on any atom is 0.256 e. The van der Waals surface area contributed by atoms with Gasteiger partial charge in [0.05, 0.1) is 11.3 Å². The Kier molecular flexibility index (Phi) is 4.88. The number of hydrogen-bond acceptors (Lipinski definition) is 2. The van der Waals surface area contributed by atoms with Gasteiger partial charge < -0.3 is 11.1 Å². The molecule has 0 aliphatic heterocycles. The molecule has 0 saturated heterocycles. The minimum atomic E-state index is -0.192. The number of carbonyl (C=O) groups excluding carboxylic acids is 1. The molecule has 2 aromatic rings. The van der Waals surface area contributed by atoms with Gasteiger partial charge >= 0.3 is 0 Å². The maximum atomic E-state index is 12.3. The molecule has 1 amide bonds. The first kappa shape index (κ1) is 15.5. The first-order valence-electron chi connectivity index (χ1n) is 5.70. The fourth-order valence-corrected chi connectivity index (χ4v) is 3.79. The monoisotopic (exact) mass is 460 g/mol. The Bertz CT molecular complexity index is 663. The van der Waals surface area contributed by atoms with E-state index in [2.05, 4.69) is 53.1 Å². The molecule has 2 aromatic carbocycles. The van der Waals surface area contributed by atoms with Crippen LogP contribution in [0.5, 0.6) is 0 Å². The first-order valence-corrected chi connectivity index (χ1v) is 8.08. The Morgan fingerprint density at radius 1 is 1.05 bits per heavy atom. The summed E-state index contributed by atoms with van der Waals surface area (Å²) in [5, 5.41) is 2.86. The third kappa shape index (κ3) is 3.42. The van der Waals surface area contributed by atoms with Crippen LogP contribution in [0.3, 0.4) is 0 Å². The Morgan fingerprint density at radius 2 is 1.65 bits per heavy atom. The number of nitrogens with one attached hydrogen (secondary N) is 1. The van der Waals surface area contributed by atoms with Crippen LogP contribution >= 0.6 is 47.8 Å². The molecule has 0 heterocycles. The van der Waals surface area contributed by atoms with Gasteiger partial charge in [0.25, 0.3) is 5.91 Å². The molecule has 3 N–H and O–H groups in total.